The Morgan fingerprint density at radius 2 is 2.00 bits per heavy atom. The molecule has 0 aliphatic carbocycles. The van der Waals surface area contributed by atoms with Crippen molar-refractivity contribution >= 4 is 10.9 Å². The summed E-state index contributed by atoms with van der Waals surface area (Å²) < 4.78 is 0. The molecule has 0 atom stereocenters. The number of aliphatic hydroxyl groups is 1. The van der Waals surface area contributed by atoms with Crippen LogP contribution in [-0.2, 0) is 6.61 Å². The highest BCUT2D eigenvalue weighted by molar-refractivity contribution is 5.84. The molecule has 2 aromatic rings. The molecule has 0 aliphatic heterocycles. The molecular formula is C12H13NO. The van der Waals surface area contributed by atoms with Crippen molar-refractivity contribution in [3.05, 3.63) is 41.1 Å². The molecule has 72 valence electrons. The zero-order chi connectivity index (χ0) is 10.1. The number of nitrogens with zero attached hydrogens (tertiary/aromatic N) is 1. The first-order valence-electron chi connectivity index (χ1n) is 4.69. The normalized spacial score (nSPS) is 10.8. The Kier molecular flexibility index (Phi) is 2.22. The van der Waals surface area contributed by atoms with Crippen LogP contribution >= 0.6 is 0 Å². The third-order valence-electron chi connectivity index (χ3n) is 2.46. The molecule has 0 spiro atoms. The summed E-state index contributed by atoms with van der Waals surface area (Å²) in [5.74, 6) is 0. The summed E-state index contributed by atoms with van der Waals surface area (Å²) in [5.41, 5.74) is 4.06. The van der Waals surface area contributed by atoms with E-state index in [2.05, 4.69) is 11.1 Å². The Morgan fingerprint density at radius 1 is 1.21 bits per heavy atom. The Balaban J connectivity index is 2.83. The van der Waals surface area contributed by atoms with Crippen molar-refractivity contribution in [1.82, 2.24) is 4.98 Å². The van der Waals surface area contributed by atoms with Gasteiger partial charge >= 0.3 is 0 Å². The molecule has 0 radical (unpaired) electrons. The number of aryl methyl sites for hydroxylation is 2. The van der Waals surface area contributed by atoms with Gasteiger partial charge < -0.3 is 5.11 Å². The minimum atomic E-state index is 0.00507. The van der Waals surface area contributed by atoms with Gasteiger partial charge in [-0.05, 0) is 31.0 Å². The predicted octanol–water partition coefficient (Wildman–Crippen LogP) is 2.34. The minimum absolute atomic E-state index is 0.00507. The summed E-state index contributed by atoms with van der Waals surface area (Å²) in [6.45, 7) is 4.09. The molecule has 0 bridgehead atoms. The highest BCUT2D eigenvalue weighted by Gasteiger charge is 2.03. The predicted molar refractivity (Wildman–Crippen MR) is 57.1 cm³/mol. The second-order valence-electron chi connectivity index (χ2n) is 3.56. The van der Waals surface area contributed by atoms with Crippen LogP contribution < -0.4 is 0 Å². The fourth-order valence-corrected chi connectivity index (χ4v) is 1.71. The lowest BCUT2D eigenvalue weighted by Gasteiger charge is -2.06. The first-order valence-corrected chi connectivity index (χ1v) is 4.69. The zero-order valence-corrected chi connectivity index (χ0v) is 8.41. The smallest absolute Gasteiger partial charge is 0.0853 e. The quantitative estimate of drug-likeness (QED) is 0.743. The number of aromatic nitrogens is 1. The molecule has 0 saturated heterocycles. The second-order valence-corrected chi connectivity index (χ2v) is 3.56. The third kappa shape index (κ3) is 1.38. The lowest BCUT2D eigenvalue weighted by molar-refractivity contribution is 0.277. The molecule has 1 aromatic carbocycles. The molecule has 1 heterocycles. The van der Waals surface area contributed by atoms with Gasteiger partial charge in [-0.1, -0.05) is 18.2 Å². The van der Waals surface area contributed by atoms with Gasteiger partial charge in [0, 0.05) is 5.39 Å². The van der Waals surface area contributed by atoms with Crippen molar-refractivity contribution in [2.45, 2.75) is 20.5 Å². The Bertz CT molecular complexity index is 477. The van der Waals surface area contributed by atoms with Crippen LogP contribution in [0.4, 0.5) is 0 Å². The van der Waals surface area contributed by atoms with E-state index in [4.69, 9.17) is 5.11 Å². The molecule has 0 saturated carbocycles. The first-order chi connectivity index (χ1) is 6.72. The average Bonchev–Trinajstić information content (AvgIpc) is 2.19. The summed E-state index contributed by atoms with van der Waals surface area (Å²) >= 11 is 0. The van der Waals surface area contributed by atoms with Crippen LogP contribution in [0.25, 0.3) is 10.9 Å². The van der Waals surface area contributed by atoms with E-state index in [1.807, 2.05) is 32.0 Å². The van der Waals surface area contributed by atoms with Crippen LogP contribution in [-0.4, -0.2) is 10.1 Å². The van der Waals surface area contributed by atoms with Crippen LogP contribution in [0.2, 0.25) is 0 Å². The fraction of sp³-hybridized carbons (Fsp3) is 0.250. The van der Waals surface area contributed by atoms with Crippen molar-refractivity contribution in [1.29, 1.82) is 0 Å². The number of benzene rings is 1. The molecule has 0 amide bonds. The van der Waals surface area contributed by atoms with E-state index < -0.39 is 0 Å². The van der Waals surface area contributed by atoms with Gasteiger partial charge in [-0.3, -0.25) is 4.98 Å². The maximum Gasteiger partial charge on any atom is 0.0853 e. The third-order valence-corrected chi connectivity index (χ3v) is 2.46. The summed E-state index contributed by atoms with van der Waals surface area (Å²) in [5, 5.41) is 10.2. The van der Waals surface area contributed by atoms with Crippen LogP contribution in [0.3, 0.4) is 0 Å². The summed E-state index contributed by atoms with van der Waals surface area (Å²) in [4.78, 5) is 4.40. The summed E-state index contributed by atoms with van der Waals surface area (Å²) in [7, 11) is 0. The van der Waals surface area contributed by atoms with Crippen molar-refractivity contribution in [2.75, 3.05) is 0 Å². The number of hydrogen-bond acceptors (Lipinski definition) is 2. The van der Waals surface area contributed by atoms with Gasteiger partial charge in [0.25, 0.3) is 0 Å². The number of aliphatic hydroxyl groups excluding tert-OH is 1. The topological polar surface area (TPSA) is 33.1 Å². The van der Waals surface area contributed by atoms with Gasteiger partial charge in [0.2, 0.25) is 0 Å². The highest BCUT2D eigenvalue weighted by Crippen LogP contribution is 2.20. The summed E-state index contributed by atoms with van der Waals surface area (Å²) in [6, 6.07) is 8.06. The van der Waals surface area contributed by atoms with E-state index in [0.29, 0.717) is 0 Å². The van der Waals surface area contributed by atoms with Crippen molar-refractivity contribution in [3.63, 3.8) is 0 Å². The van der Waals surface area contributed by atoms with Gasteiger partial charge in [0.05, 0.1) is 17.8 Å². The Morgan fingerprint density at radius 3 is 2.71 bits per heavy atom. The van der Waals surface area contributed by atoms with Gasteiger partial charge in [0.15, 0.2) is 0 Å². The van der Waals surface area contributed by atoms with Crippen molar-refractivity contribution in [2.24, 2.45) is 0 Å². The second kappa shape index (κ2) is 3.39. The summed E-state index contributed by atoms with van der Waals surface area (Å²) in [6.07, 6.45) is 0. The van der Waals surface area contributed by atoms with Crippen molar-refractivity contribution < 1.29 is 5.11 Å². The lowest BCUT2D eigenvalue weighted by atomic mass is 10.1. The first kappa shape index (κ1) is 9.16. The van der Waals surface area contributed by atoms with E-state index in [0.717, 1.165) is 16.8 Å². The maximum absolute atomic E-state index is 9.05. The standard InChI is InChI=1S/C12H13NO/c1-8-4-3-5-11-9(2)6-10(7-14)13-12(8)11/h3-6,14H,7H2,1-2H3. The SMILES string of the molecule is Cc1cc(CO)nc2c(C)cccc12. The number of hydrogen-bond donors (Lipinski definition) is 1. The van der Waals surface area contributed by atoms with E-state index in [1.165, 1.54) is 10.9 Å². The molecule has 2 nitrogen and oxygen atoms in total. The van der Waals surface area contributed by atoms with Gasteiger partial charge in [-0.15, -0.1) is 0 Å². The molecule has 2 rings (SSSR count). The van der Waals surface area contributed by atoms with Crippen LogP contribution in [0.15, 0.2) is 24.3 Å². The molecule has 0 fully saturated rings. The van der Waals surface area contributed by atoms with E-state index in [1.54, 1.807) is 0 Å². The number of para-hydroxylation sites is 1. The Hall–Kier alpha value is -1.41. The molecule has 2 heteroatoms. The fourth-order valence-electron chi connectivity index (χ4n) is 1.71. The molecule has 1 N–H and O–H groups in total. The number of fused-ring (bicyclic) bond motifs is 1. The van der Waals surface area contributed by atoms with Gasteiger partial charge in [-0.2, -0.15) is 0 Å². The van der Waals surface area contributed by atoms with Crippen molar-refractivity contribution in [3.8, 4) is 0 Å². The molecule has 0 aliphatic rings. The maximum atomic E-state index is 9.05. The number of rotatable bonds is 1. The van der Waals surface area contributed by atoms with E-state index >= 15 is 0 Å². The van der Waals surface area contributed by atoms with Crippen LogP contribution in [0.5, 0.6) is 0 Å². The molecular weight excluding hydrogens is 174 g/mol. The highest BCUT2D eigenvalue weighted by atomic mass is 16.3. The monoisotopic (exact) mass is 187 g/mol. The molecule has 14 heavy (non-hydrogen) atoms. The van der Waals surface area contributed by atoms with E-state index in [-0.39, 0.29) is 6.61 Å². The van der Waals surface area contributed by atoms with Gasteiger partial charge in [-0.25, -0.2) is 0 Å². The van der Waals surface area contributed by atoms with Crippen LogP contribution in [0, 0.1) is 13.8 Å². The van der Waals surface area contributed by atoms with Crippen LogP contribution in [0.1, 0.15) is 16.8 Å². The van der Waals surface area contributed by atoms with E-state index in [9.17, 15) is 0 Å². The molecule has 0 unspecified atom stereocenters. The Labute approximate surface area is 83.2 Å². The number of pyridine rings is 1. The largest absolute Gasteiger partial charge is 0.390 e. The molecule has 1 aromatic heterocycles. The minimum Gasteiger partial charge on any atom is -0.390 e. The van der Waals surface area contributed by atoms with Gasteiger partial charge in [0.1, 0.15) is 0 Å². The lowest BCUT2D eigenvalue weighted by Crippen LogP contribution is -1.93. The zero-order valence-electron chi connectivity index (χ0n) is 8.41. The average molecular weight is 187 g/mol.